The Morgan fingerprint density at radius 1 is 1.21 bits per heavy atom. The molecule has 6 nitrogen and oxygen atoms in total. The Morgan fingerprint density at radius 2 is 1.96 bits per heavy atom. The normalized spacial score (nSPS) is 11.8. The van der Waals surface area contributed by atoms with Crippen LogP contribution in [0.1, 0.15) is 11.1 Å². The number of benzene rings is 2. The zero-order valence-electron chi connectivity index (χ0n) is 12.8. The number of nitrogens with zero attached hydrogens (tertiary/aromatic N) is 1. The van der Waals surface area contributed by atoms with Crippen LogP contribution in [0.2, 0.25) is 0 Å². The topological polar surface area (TPSA) is 96.2 Å². The summed E-state index contributed by atoms with van der Waals surface area (Å²) in [5.41, 5.74) is 1.55. The second-order valence-corrected chi connectivity index (χ2v) is 5.07. The molecule has 0 spiro atoms. The van der Waals surface area contributed by atoms with E-state index in [1.54, 1.807) is 12.1 Å². The Bertz CT molecular complexity index is 733. The monoisotopic (exact) mass is 325 g/mol. The standard InChI is InChI=1S/C17H16BNO5/c20-15-9-13(8-14(17(21)22)19-11-18-23)6-7-16(15)24-10-12-4-2-1-3-5-12/h1-7,9,11,14,20H,8,10H2,(H,21,22)/t14-/m0/s1. The fourth-order valence-electron chi connectivity index (χ4n) is 2.11. The second-order valence-electron chi connectivity index (χ2n) is 5.07. The average molecular weight is 325 g/mol. The van der Waals surface area contributed by atoms with Crippen molar-refractivity contribution >= 4 is 19.2 Å². The van der Waals surface area contributed by atoms with E-state index in [1.165, 1.54) is 6.07 Å². The quantitative estimate of drug-likeness (QED) is 0.572. The molecule has 0 heterocycles. The van der Waals surface area contributed by atoms with Crippen molar-refractivity contribution in [2.24, 2.45) is 4.99 Å². The Hall–Kier alpha value is -2.96. The third-order valence-electron chi connectivity index (χ3n) is 3.30. The van der Waals surface area contributed by atoms with Crippen LogP contribution in [0.5, 0.6) is 11.5 Å². The molecule has 0 saturated heterocycles. The number of aromatic hydroxyl groups is 1. The van der Waals surface area contributed by atoms with Gasteiger partial charge in [0.25, 0.3) is 0 Å². The molecule has 2 aromatic rings. The maximum absolute atomic E-state index is 11.1. The molecule has 24 heavy (non-hydrogen) atoms. The van der Waals surface area contributed by atoms with Gasteiger partial charge >= 0.3 is 121 Å². The van der Waals surface area contributed by atoms with E-state index in [-0.39, 0.29) is 12.2 Å². The Morgan fingerprint density at radius 3 is 2.58 bits per heavy atom. The summed E-state index contributed by atoms with van der Waals surface area (Å²) in [7, 11) is 0.425. The molecule has 0 aromatic heterocycles. The summed E-state index contributed by atoms with van der Waals surface area (Å²) in [6.45, 7) is 0.315. The van der Waals surface area contributed by atoms with Gasteiger partial charge in [0, 0.05) is 0 Å². The molecular weight excluding hydrogens is 309 g/mol. The number of carboxylic acids is 1. The molecule has 2 aromatic carbocycles. The summed E-state index contributed by atoms with van der Waals surface area (Å²) in [6, 6.07) is 13.1. The Kier molecular flexibility index (Phi) is 6.25. The zero-order chi connectivity index (χ0) is 17.4. The molecule has 2 N–H and O–H groups in total. The number of phenolic OH excluding ortho intramolecular Hbond substituents is 1. The van der Waals surface area contributed by atoms with Crippen molar-refractivity contribution in [3.8, 4) is 11.5 Å². The summed E-state index contributed by atoms with van der Waals surface area (Å²) in [5.74, 6) is -0.908. The van der Waals surface area contributed by atoms with E-state index < -0.39 is 12.0 Å². The minimum absolute atomic E-state index is 0.0617. The minimum atomic E-state index is -1.14. The first kappa shape index (κ1) is 17.4. The van der Waals surface area contributed by atoms with Crippen LogP contribution < -0.4 is 4.74 Å². The molecule has 0 bridgehead atoms. The maximum atomic E-state index is 11.1. The van der Waals surface area contributed by atoms with Crippen LogP contribution in [0.4, 0.5) is 0 Å². The average Bonchev–Trinajstić information content (AvgIpc) is 2.58. The van der Waals surface area contributed by atoms with Crippen LogP contribution in [0.25, 0.3) is 0 Å². The van der Waals surface area contributed by atoms with Gasteiger partial charge in [0.1, 0.15) is 0 Å². The van der Waals surface area contributed by atoms with Crippen molar-refractivity contribution in [2.75, 3.05) is 0 Å². The first-order chi connectivity index (χ1) is 11.6. The number of ether oxygens (including phenoxy) is 1. The van der Waals surface area contributed by atoms with Gasteiger partial charge in [-0.25, -0.2) is 0 Å². The SMILES string of the molecule is O=BC=N[C@@H](Cc1ccc(OCc2ccccc2)c(O)c1)C(=O)O. The van der Waals surface area contributed by atoms with Crippen LogP contribution >= 0.6 is 0 Å². The first-order valence-corrected chi connectivity index (χ1v) is 7.28. The zero-order valence-corrected chi connectivity index (χ0v) is 12.8. The van der Waals surface area contributed by atoms with Crippen molar-refractivity contribution in [3.63, 3.8) is 0 Å². The molecule has 0 aliphatic rings. The van der Waals surface area contributed by atoms with Crippen LogP contribution in [0, 0.1) is 0 Å². The summed E-state index contributed by atoms with van der Waals surface area (Å²) < 4.78 is 15.8. The van der Waals surface area contributed by atoms with Gasteiger partial charge in [-0.05, 0) is 0 Å². The summed E-state index contributed by atoms with van der Waals surface area (Å²) in [6.07, 6.45) is 0.974. The Labute approximate surface area is 139 Å². The summed E-state index contributed by atoms with van der Waals surface area (Å²) in [5, 5.41) is 19.1. The molecule has 0 unspecified atom stereocenters. The van der Waals surface area contributed by atoms with Crippen molar-refractivity contribution in [2.45, 2.75) is 19.1 Å². The predicted molar refractivity (Wildman–Crippen MR) is 88.9 cm³/mol. The number of aliphatic imine (C=N–C) groups is 1. The van der Waals surface area contributed by atoms with Crippen LogP contribution in [0.15, 0.2) is 53.5 Å². The predicted octanol–water partition coefficient (Wildman–Crippen LogP) is 2.04. The van der Waals surface area contributed by atoms with Crippen molar-refractivity contribution in [1.82, 2.24) is 0 Å². The molecule has 0 aliphatic heterocycles. The number of carboxylic acid groups (broad SMARTS) is 1. The van der Waals surface area contributed by atoms with Gasteiger partial charge in [-0.2, -0.15) is 0 Å². The number of rotatable bonds is 8. The molecule has 7 heteroatoms. The van der Waals surface area contributed by atoms with Crippen molar-refractivity contribution in [3.05, 3.63) is 59.7 Å². The van der Waals surface area contributed by atoms with E-state index in [4.69, 9.17) is 9.84 Å². The van der Waals surface area contributed by atoms with Crippen molar-refractivity contribution < 1.29 is 24.4 Å². The summed E-state index contributed by atoms with van der Waals surface area (Å²) in [4.78, 5) is 14.8. The van der Waals surface area contributed by atoms with Gasteiger partial charge in [-0.3, -0.25) is 0 Å². The van der Waals surface area contributed by atoms with Gasteiger partial charge in [0.2, 0.25) is 0 Å². The van der Waals surface area contributed by atoms with E-state index in [2.05, 4.69) is 4.99 Å². The van der Waals surface area contributed by atoms with Gasteiger partial charge in [0.15, 0.2) is 0 Å². The molecular formula is C17H16BNO5. The number of phenols is 1. The van der Waals surface area contributed by atoms with Crippen LogP contribution in [-0.4, -0.2) is 35.5 Å². The van der Waals surface area contributed by atoms with E-state index in [0.717, 1.165) is 11.7 Å². The molecule has 0 saturated carbocycles. The van der Waals surface area contributed by atoms with Gasteiger partial charge in [-0.1, -0.05) is 18.2 Å². The molecule has 0 radical (unpaired) electrons. The van der Waals surface area contributed by atoms with Crippen LogP contribution in [0.3, 0.4) is 0 Å². The second kappa shape index (κ2) is 8.62. The third-order valence-corrected chi connectivity index (χ3v) is 3.30. The van der Waals surface area contributed by atoms with Crippen molar-refractivity contribution in [1.29, 1.82) is 0 Å². The number of hydrogen-bond donors (Lipinski definition) is 2. The third kappa shape index (κ3) is 5.05. The molecule has 1 atom stereocenters. The molecule has 0 amide bonds. The Balaban J connectivity index is 2.04. The fourth-order valence-corrected chi connectivity index (χ4v) is 2.11. The van der Waals surface area contributed by atoms with Gasteiger partial charge < -0.3 is 0 Å². The summed E-state index contributed by atoms with van der Waals surface area (Å²) >= 11 is 0. The van der Waals surface area contributed by atoms with Gasteiger partial charge in [-0.15, -0.1) is 0 Å². The number of carbonyl (C=O) groups is 1. The first-order valence-electron chi connectivity index (χ1n) is 7.28. The molecule has 122 valence electrons. The van der Waals surface area contributed by atoms with E-state index in [0.29, 0.717) is 25.1 Å². The van der Waals surface area contributed by atoms with E-state index >= 15 is 0 Å². The number of hydrogen-bond acceptors (Lipinski definition) is 5. The van der Waals surface area contributed by atoms with Crippen LogP contribution in [-0.2, 0) is 22.5 Å². The van der Waals surface area contributed by atoms with E-state index in [9.17, 15) is 14.6 Å². The molecule has 0 aliphatic carbocycles. The fraction of sp³-hybridized carbons (Fsp3) is 0.176. The van der Waals surface area contributed by atoms with E-state index in [1.807, 2.05) is 30.3 Å². The molecule has 0 fully saturated rings. The molecule has 2 rings (SSSR count). The number of aliphatic carboxylic acids is 1. The van der Waals surface area contributed by atoms with Gasteiger partial charge in [0.05, 0.1) is 0 Å².